The first kappa shape index (κ1) is 14.7. The monoisotopic (exact) mass is 289 g/mol. The molecule has 0 spiro atoms. The summed E-state index contributed by atoms with van der Waals surface area (Å²) in [6, 6.07) is 14.2. The molecule has 108 valence electrons. The Morgan fingerprint density at radius 3 is 2.19 bits per heavy atom. The van der Waals surface area contributed by atoms with Crippen LogP contribution in [0.25, 0.3) is 11.6 Å². The van der Waals surface area contributed by atoms with E-state index < -0.39 is 12.6 Å². The fourth-order valence-corrected chi connectivity index (χ4v) is 1.79. The maximum Gasteiger partial charge on any atom is 0.387 e. The molecule has 3 nitrogen and oxygen atoms in total. The van der Waals surface area contributed by atoms with E-state index in [0.29, 0.717) is 11.1 Å². The molecule has 0 unspecified atom stereocenters. The lowest BCUT2D eigenvalue weighted by Crippen LogP contribution is -2.23. The summed E-state index contributed by atoms with van der Waals surface area (Å²) in [6.07, 6.45) is 1.41. The van der Waals surface area contributed by atoms with Crippen molar-refractivity contribution in [2.45, 2.75) is 6.61 Å². The molecule has 21 heavy (non-hydrogen) atoms. The molecule has 0 amide bonds. The zero-order valence-electron chi connectivity index (χ0n) is 10.8. The predicted octanol–water partition coefficient (Wildman–Crippen LogP) is 2.58. The minimum atomic E-state index is -2.89. The smallest absolute Gasteiger partial charge is 0.387 e. The van der Waals surface area contributed by atoms with Gasteiger partial charge in [-0.25, -0.2) is 0 Å². The molecular formula is C16H11F2O3-. The van der Waals surface area contributed by atoms with Crippen LogP contribution in [0.1, 0.15) is 11.1 Å². The maximum atomic E-state index is 12.0. The molecule has 0 aromatic heterocycles. The molecule has 0 saturated carbocycles. The topological polar surface area (TPSA) is 49.4 Å². The van der Waals surface area contributed by atoms with Crippen molar-refractivity contribution in [3.8, 4) is 5.75 Å². The van der Waals surface area contributed by atoms with Crippen molar-refractivity contribution in [3.05, 3.63) is 65.7 Å². The zero-order valence-corrected chi connectivity index (χ0v) is 10.8. The molecule has 0 bridgehead atoms. The molecule has 0 heterocycles. The second-order valence-electron chi connectivity index (χ2n) is 4.16. The zero-order chi connectivity index (χ0) is 15.2. The highest BCUT2D eigenvalue weighted by molar-refractivity contribution is 6.19. The average molecular weight is 289 g/mol. The van der Waals surface area contributed by atoms with Crippen molar-refractivity contribution in [1.82, 2.24) is 0 Å². The molecule has 0 aliphatic rings. The maximum absolute atomic E-state index is 12.0. The molecule has 2 rings (SSSR count). The van der Waals surface area contributed by atoms with E-state index in [-0.39, 0.29) is 11.3 Å². The van der Waals surface area contributed by atoms with Gasteiger partial charge >= 0.3 is 6.61 Å². The van der Waals surface area contributed by atoms with Crippen LogP contribution in [0, 0.1) is 0 Å². The van der Waals surface area contributed by atoms with Crippen LogP contribution in [0.15, 0.2) is 54.6 Å². The van der Waals surface area contributed by atoms with Crippen molar-refractivity contribution < 1.29 is 23.4 Å². The number of benzene rings is 2. The van der Waals surface area contributed by atoms with Gasteiger partial charge in [0.05, 0.1) is 5.97 Å². The van der Waals surface area contributed by atoms with Gasteiger partial charge in [-0.2, -0.15) is 8.78 Å². The van der Waals surface area contributed by atoms with Crippen LogP contribution in [0.4, 0.5) is 8.78 Å². The summed E-state index contributed by atoms with van der Waals surface area (Å²) in [4.78, 5) is 11.2. The van der Waals surface area contributed by atoms with Gasteiger partial charge in [-0.15, -0.1) is 0 Å². The van der Waals surface area contributed by atoms with Crippen molar-refractivity contribution in [2.24, 2.45) is 0 Å². The molecule has 5 heteroatoms. The Bertz CT molecular complexity index is 634. The summed E-state index contributed by atoms with van der Waals surface area (Å²) < 4.78 is 28.3. The van der Waals surface area contributed by atoms with Gasteiger partial charge in [-0.05, 0) is 29.3 Å². The lowest BCUT2D eigenvalue weighted by atomic mass is 10.0. The Kier molecular flexibility index (Phi) is 4.66. The quantitative estimate of drug-likeness (QED) is 0.628. The highest BCUT2D eigenvalue weighted by Crippen LogP contribution is 2.20. The molecule has 0 fully saturated rings. The number of hydrogen-bond acceptors (Lipinski definition) is 3. The minimum absolute atomic E-state index is 0.0110. The normalized spacial score (nSPS) is 11.5. The molecule has 2 aromatic rings. The number of alkyl halides is 2. The molecule has 0 aliphatic carbocycles. The van der Waals surface area contributed by atoms with Crippen LogP contribution in [0.2, 0.25) is 0 Å². The number of rotatable bonds is 5. The number of aliphatic carboxylic acids is 1. The van der Waals surface area contributed by atoms with Crippen molar-refractivity contribution in [3.63, 3.8) is 0 Å². The first-order valence-corrected chi connectivity index (χ1v) is 6.09. The Labute approximate surface area is 120 Å². The Hall–Kier alpha value is -2.69. The number of carbonyl (C=O) groups is 1. The van der Waals surface area contributed by atoms with Gasteiger partial charge in [0.15, 0.2) is 0 Å². The molecular weight excluding hydrogens is 278 g/mol. The lowest BCUT2D eigenvalue weighted by Gasteiger charge is -2.09. The third-order valence-corrected chi connectivity index (χ3v) is 2.72. The summed E-state index contributed by atoms with van der Waals surface area (Å²) in [5.41, 5.74) is 1.06. The fraction of sp³-hybridized carbons (Fsp3) is 0.0625. The molecule has 0 atom stereocenters. The Balaban J connectivity index is 2.29. The van der Waals surface area contributed by atoms with Gasteiger partial charge in [0.1, 0.15) is 5.75 Å². The molecule has 2 aromatic carbocycles. The van der Waals surface area contributed by atoms with Crippen LogP contribution in [-0.4, -0.2) is 12.6 Å². The number of carboxylic acids is 1. The SMILES string of the molecule is O=C([O-])/C(=C\c1ccc(OC(F)F)cc1)c1ccccc1. The van der Waals surface area contributed by atoms with E-state index in [1.807, 2.05) is 0 Å². The van der Waals surface area contributed by atoms with Gasteiger partial charge in [0, 0.05) is 5.57 Å². The second-order valence-corrected chi connectivity index (χ2v) is 4.16. The highest BCUT2D eigenvalue weighted by atomic mass is 19.3. The Morgan fingerprint density at radius 2 is 1.67 bits per heavy atom. The van der Waals surface area contributed by atoms with E-state index >= 15 is 0 Å². The molecule has 0 aliphatic heterocycles. The van der Waals surface area contributed by atoms with Crippen LogP contribution in [0.5, 0.6) is 5.75 Å². The van der Waals surface area contributed by atoms with Gasteiger partial charge in [0.25, 0.3) is 0 Å². The second kappa shape index (κ2) is 6.65. The van der Waals surface area contributed by atoms with Crippen LogP contribution >= 0.6 is 0 Å². The number of carboxylic acid groups (broad SMARTS) is 1. The average Bonchev–Trinajstić information content (AvgIpc) is 2.46. The molecule has 0 radical (unpaired) electrons. The van der Waals surface area contributed by atoms with Gasteiger partial charge in [-0.1, -0.05) is 42.5 Å². The first-order chi connectivity index (χ1) is 10.1. The van der Waals surface area contributed by atoms with Crippen molar-refractivity contribution >= 4 is 17.6 Å². The number of halogens is 2. The standard InChI is InChI=1S/C16H12F2O3/c17-16(18)21-13-8-6-11(7-9-13)10-14(15(19)20)12-4-2-1-3-5-12/h1-10,16H,(H,19,20)/p-1/b14-10-. The number of ether oxygens (including phenoxy) is 1. The number of hydrogen-bond donors (Lipinski definition) is 0. The summed E-state index contributed by atoms with van der Waals surface area (Å²) >= 11 is 0. The minimum Gasteiger partial charge on any atom is -0.545 e. The molecule has 0 N–H and O–H groups in total. The van der Waals surface area contributed by atoms with E-state index in [1.165, 1.54) is 30.3 Å². The predicted molar refractivity (Wildman–Crippen MR) is 72.4 cm³/mol. The summed E-state index contributed by atoms with van der Waals surface area (Å²) in [5, 5.41) is 11.2. The third kappa shape index (κ3) is 4.14. The van der Waals surface area contributed by atoms with Crippen molar-refractivity contribution in [2.75, 3.05) is 0 Å². The van der Waals surface area contributed by atoms with E-state index in [4.69, 9.17) is 0 Å². The van der Waals surface area contributed by atoms with E-state index in [9.17, 15) is 18.7 Å². The van der Waals surface area contributed by atoms with Crippen molar-refractivity contribution in [1.29, 1.82) is 0 Å². The number of carbonyl (C=O) groups excluding carboxylic acids is 1. The summed E-state index contributed by atoms with van der Waals surface area (Å²) in [7, 11) is 0. The van der Waals surface area contributed by atoms with E-state index in [0.717, 1.165) is 0 Å². The lowest BCUT2D eigenvalue weighted by molar-refractivity contribution is -0.295. The van der Waals surface area contributed by atoms with Crippen LogP contribution < -0.4 is 9.84 Å². The van der Waals surface area contributed by atoms with Crippen LogP contribution in [-0.2, 0) is 4.79 Å². The third-order valence-electron chi connectivity index (χ3n) is 2.72. The largest absolute Gasteiger partial charge is 0.545 e. The first-order valence-electron chi connectivity index (χ1n) is 6.09. The van der Waals surface area contributed by atoms with Gasteiger partial charge < -0.3 is 14.6 Å². The fourth-order valence-electron chi connectivity index (χ4n) is 1.79. The van der Waals surface area contributed by atoms with Gasteiger partial charge in [-0.3, -0.25) is 0 Å². The highest BCUT2D eigenvalue weighted by Gasteiger charge is 2.05. The summed E-state index contributed by atoms with van der Waals surface area (Å²) in [5.74, 6) is -1.30. The Morgan fingerprint density at radius 1 is 1.05 bits per heavy atom. The van der Waals surface area contributed by atoms with E-state index in [1.54, 1.807) is 30.3 Å². The van der Waals surface area contributed by atoms with Crippen LogP contribution in [0.3, 0.4) is 0 Å². The summed E-state index contributed by atoms with van der Waals surface area (Å²) in [6.45, 7) is -2.89. The van der Waals surface area contributed by atoms with E-state index in [2.05, 4.69) is 4.74 Å². The van der Waals surface area contributed by atoms with Gasteiger partial charge in [0.2, 0.25) is 0 Å². The molecule has 0 saturated heterocycles.